The van der Waals surface area contributed by atoms with Crippen molar-refractivity contribution in [3.8, 4) is 11.4 Å². The van der Waals surface area contributed by atoms with Gasteiger partial charge in [-0.15, -0.1) is 10.2 Å². The highest BCUT2D eigenvalue weighted by Gasteiger charge is 2.16. The van der Waals surface area contributed by atoms with Crippen LogP contribution in [0, 0.1) is 13.8 Å². The average molecular weight is 308 g/mol. The average Bonchev–Trinajstić information content (AvgIpc) is 2.77. The van der Waals surface area contributed by atoms with E-state index in [9.17, 15) is 0 Å². The molecule has 20 heavy (non-hydrogen) atoms. The quantitative estimate of drug-likeness (QED) is 0.700. The Hall–Kier alpha value is -1.85. The Kier molecular flexibility index (Phi) is 3.03. The number of hydrogen-bond acceptors (Lipinski definition) is 4. The van der Waals surface area contributed by atoms with Gasteiger partial charge in [-0.25, -0.2) is 4.98 Å². The Labute approximate surface area is 125 Å². The molecule has 5 nitrogen and oxygen atoms in total. The fraction of sp³-hybridized carbons (Fsp3) is 0.154. The van der Waals surface area contributed by atoms with Crippen molar-refractivity contribution in [2.45, 2.75) is 13.8 Å². The van der Waals surface area contributed by atoms with Crippen molar-refractivity contribution in [2.75, 3.05) is 5.73 Å². The first kappa shape index (κ1) is 13.1. The van der Waals surface area contributed by atoms with Crippen molar-refractivity contribution in [3.63, 3.8) is 0 Å². The third-order valence-electron chi connectivity index (χ3n) is 3.03. The second kappa shape index (κ2) is 4.61. The predicted molar refractivity (Wildman–Crippen MR) is 80.1 cm³/mol. The summed E-state index contributed by atoms with van der Waals surface area (Å²) in [5, 5.41) is 9.13. The van der Waals surface area contributed by atoms with Crippen molar-refractivity contribution in [1.82, 2.24) is 19.6 Å². The van der Waals surface area contributed by atoms with Crippen molar-refractivity contribution >= 4 is 34.7 Å². The van der Waals surface area contributed by atoms with E-state index in [4.69, 9.17) is 28.9 Å². The first-order valence-corrected chi connectivity index (χ1v) is 6.67. The van der Waals surface area contributed by atoms with E-state index in [1.165, 1.54) is 0 Å². The summed E-state index contributed by atoms with van der Waals surface area (Å²) in [7, 11) is 0. The standard InChI is InChI=1S/C13H11Cl2N5/c1-6-3-7(2)20-12(18-19-13(20)17-6)9-4-8(14)5-10(15)11(9)16/h3-5H,16H2,1-2H3. The van der Waals surface area contributed by atoms with Crippen LogP contribution in [-0.2, 0) is 0 Å². The van der Waals surface area contributed by atoms with Gasteiger partial charge in [-0.2, -0.15) is 0 Å². The molecule has 1 aromatic carbocycles. The van der Waals surface area contributed by atoms with Gasteiger partial charge in [0, 0.05) is 22.0 Å². The van der Waals surface area contributed by atoms with Crippen LogP contribution in [0.4, 0.5) is 5.69 Å². The number of fused-ring (bicyclic) bond motifs is 1. The molecule has 0 unspecified atom stereocenters. The van der Waals surface area contributed by atoms with Gasteiger partial charge in [-0.1, -0.05) is 23.2 Å². The molecule has 2 aromatic heterocycles. The Bertz CT molecular complexity index is 825. The zero-order valence-electron chi connectivity index (χ0n) is 10.9. The molecule has 2 N–H and O–H groups in total. The first-order valence-electron chi connectivity index (χ1n) is 5.91. The summed E-state index contributed by atoms with van der Waals surface area (Å²) in [6.07, 6.45) is 0. The molecule has 0 aliphatic rings. The number of aromatic nitrogens is 4. The maximum Gasteiger partial charge on any atom is 0.255 e. The van der Waals surface area contributed by atoms with Crippen LogP contribution in [-0.4, -0.2) is 19.6 Å². The Morgan fingerprint density at radius 2 is 1.85 bits per heavy atom. The Morgan fingerprint density at radius 1 is 1.10 bits per heavy atom. The topological polar surface area (TPSA) is 69.1 Å². The van der Waals surface area contributed by atoms with Crippen LogP contribution in [0.3, 0.4) is 0 Å². The van der Waals surface area contributed by atoms with Gasteiger partial charge in [0.15, 0.2) is 5.82 Å². The fourth-order valence-electron chi connectivity index (χ4n) is 2.17. The monoisotopic (exact) mass is 307 g/mol. The lowest BCUT2D eigenvalue weighted by molar-refractivity contribution is 1.02. The van der Waals surface area contributed by atoms with Crippen LogP contribution >= 0.6 is 23.2 Å². The molecule has 0 atom stereocenters. The third kappa shape index (κ3) is 1.99. The molecule has 7 heteroatoms. The molecule has 0 saturated carbocycles. The fourth-order valence-corrected chi connectivity index (χ4v) is 2.67. The molecule has 0 bridgehead atoms. The van der Waals surface area contributed by atoms with Crippen molar-refractivity contribution in [2.24, 2.45) is 0 Å². The van der Waals surface area contributed by atoms with E-state index in [1.807, 2.05) is 24.3 Å². The molecule has 0 amide bonds. The maximum atomic E-state index is 6.07. The van der Waals surface area contributed by atoms with Gasteiger partial charge in [0.05, 0.1) is 10.7 Å². The number of hydrogen-bond donors (Lipinski definition) is 1. The van der Waals surface area contributed by atoms with Crippen molar-refractivity contribution < 1.29 is 0 Å². The minimum absolute atomic E-state index is 0.391. The molecular weight excluding hydrogens is 297 g/mol. The molecule has 3 rings (SSSR count). The van der Waals surface area contributed by atoms with E-state index < -0.39 is 0 Å². The number of rotatable bonds is 1. The van der Waals surface area contributed by atoms with E-state index in [2.05, 4.69) is 15.2 Å². The zero-order valence-corrected chi connectivity index (χ0v) is 12.4. The Morgan fingerprint density at radius 3 is 2.60 bits per heavy atom. The summed E-state index contributed by atoms with van der Waals surface area (Å²) >= 11 is 12.1. The summed E-state index contributed by atoms with van der Waals surface area (Å²) in [6, 6.07) is 5.27. The molecule has 2 heterocycles. The smallest absolute Gasteiger partial charge is 0.255 e. The molecular formula is C13H11Cl2N5. The van der Waals surface area contributed by atoms with Crippen LogP contribution in [0.1, 0.15) is 11.4 Å². The SMILES string of the molecule is Cc1cc(C)n2c(-c3cc(Cl)cc(Cl)c3N)nnc2n1. The lowest BCUT2D eigenvalue weighted by Crippen LogP contribution is -2.00. The van der Waals surface area contributed by atoms with Crippen molar-refractivity contribution in [1.29, 1.82) is 0 Å². The lowest BCUT2D eigenvalue weighted by Gasteiger charge is -2.08. The first-order chi connectivity index (χ1) is 9.47. The highest BCUT2D eigenvalue weighted by atomic mass is 35.5. The van der Waals surface area contributed by atoms with E-state index in [0.29, 0.717) is 32.9 Å². The lowest BCUT2D eigenvalue weighted by atomic mass is 10.1. The van der Waals surface area contributed by atoms with E-state index in [1.54, 1.807) is 12.1 Å². The normalized spacial score (nSPS) is 11.2. The van der Waals surface area contributed by atoms with Crippen LogP contribution in [0.25, 0.3) is 17.2 Å². The highest BCUT2D eigenvalue weighted by molar-refractivity contribution is 6.37. The van der Waals surface area contributed by atoms with Crippen molar-refractivity contribution in [3.05, 3.63) is 39.6 Å². The number of nitrogen functional groups attached to an aromatic ring is 1. The summed E-state index contributed by atoms with van der Waals surface area (Å²) in [6.45, 7) is 3.86. The van der Waals surface area contributed by atoms with E-state index in [0.717, 1.165) is 11.4 Å². The molecule has 102 valence electrons. The van der Waals surface area contributed by atoms with Gasteiger partial charge in [0.25, 0.3) is 5.78 Å². The molecule has 0 spiro atoms. The summed E-state index contributed by atoms with van der Waals surface area (Å²) in [4.78, 5) is 4.34. The zero-order chi connectivity index (χ0) is 14.4. The van der Waals surface area contributed by atoms with Crippen LogP contribution < -0.4 is 5.73 Å². The molecule has 0 aliphatic carbocycles. The number of aryl methyl sites for hydroxylation is 2. The van der Waals surface area contributed by atoms with Gasteiger partial charge in [0.2, 0.25) is 0 Å². The third-order valence-corrected chi connectivity index (χ3v) is 3.56. The van der Waals surface area contributed by atoms with Gasteiger partial charge < -0.3 is 5.73 Å². The maximum absolute atomic E-state index is 6.07. The van der Waals surface area contributed by atoms with E-state index >= 15 is 0 Å². The molecule has 0 radical (unpaired) electrons. The summed E-state index contributed by atoms with van der Waals surface area (Å²) in [5.41, 5.74) is 8.93. The van der Waals surface area contributed by atoms with Crippen LogP contribution in [0.15, 0.2) is 18.2 Å². The number of nitrogens with zero attached hydrogens (tertiary/aromatic N) is 4. The second-order valence-electron chi connectivity index (χ2n) is 4.55. The molecule has 3 aromatic rings. The second-order valence-corrected chi connectivity index (χ2v) is 5.39. The highest BCUT2D eigenvalue weighted by Crippen LogP contribution is 2.34. The number of benzene rings is 1. The largest absolute Gasteiger partial charge is 0.397 e. The van der Waals surface area contributed by atoms with E-state index in [-0.39, 0.29) is 0 Å². The number of anilines is 1. The summed E-state index contributed by atoms with van der Waals surface area (Å²) in [5.74, 6) is 1.10. The van der Waals surface area contributed by atoms with Gasteiger partial charge in [-0.05, 0) is 32.0 Å². The van der Waals surface area contributed by atoms with Crippen LogP contribution in [0.2, 0.25) is 10.0 Å². The predicted octanol–water partition coefficient (Wildman–Crippen LogP) is 3.30. The minimum Gasteiger partial charge on any atom is -0.397 e. The molecule has 0 fully saturated rings. The minimum atomic E-state index is 0.391. The summed E-state index contributed by atoms with van der Waals surface area (Å²) < 4.78 is 1.82. The van der Waals surface area contributed by atoms with Crippen LogP contribution in [0.5, 0.6) is 0 Å². The Balaban J connectivity index is 2.36. The number of halogens is 2. The van der Waals surface area contributed by atoms with Gasteiger partial charge in [0.1, 0.15) is 0 Å². The van der Waals surface area contributed by atoms with Gasteiger partial charge in [-0.3, -0.25) is 4.40 Å². The molecule has 0 saturated heterocycles. The number of nitrogens with two attached hydrogens (primary N) is 1. The molecule has 0 aliphatic heterocycles. The van der Waals surface area contributed by atoms with Gasteiger partial charge >= 0.3 is 0 Å².